The van der Waals surface area contributed by atoms with E-state index < -0.39 is 5.54 Å². The molecule has 1 atom stereocenters. The van der Waals surface area contributed by atoms with Crippen molar-refractivity contribution in [3.05, 3.63) is 53.0 Å². The van der Waals surface area contributed by atoms with E-state index in [1.54, 1.807) is 0 Å². The number of rotatable bonds is 8. The second kappa shape index (κ2) is 11.2. The van der Waals surface area contributed by atoms with Crippen LogP contribution in [0.15, 0.2) is 41.8 Å². The molecule has 10 nitrogen and oxygen atoms in total. The molecule has 5 rings (SSSR count). The quantitative estimate of drug-likeness (QED) is 0.238. The second-order valence-corrected chi connectivity index (χ2v) is 12.1. The summed E-state index contributed by atoms with van der Waals surface area (Å²) in [5.74, 6) is 2.19. The summed E-state index contributed by atoms with van der Waals surface area (Å²) in [6.45, 7) is 16.5. The Bertz CT molecular complexity index is 1520. The lowest BCUT2D eigenvalue weighted by Crippen LogP contribution is -2.50. The lowest BCUT2D eigenvalue weighted by Gasteiger charge is -2.37. The maximum absolute atomic E-state index is 11.0. The maximum atomic E-state index is 11.0. The van der Waals surface area contributed by atoms with Crippen LogP contribution in [0.2, 0.25) is 0 Å². The molecular weight excluding hydrogens is 521 g/mol. The van der Waals surface area contributed by atoms with E-state index in [9.17, 15) is 4.91 Å². The molecule has 1 aliphatic heterocycles. The maximum Gasteiger partial charge on any atom is 0.228 e. The van der Waals surface area contributed by atoms with Gasteiger partial charge in [-0.2, -0.15) is 4.91 Å². The number of nitrogens with one attached hydrogen (secondary N) is 1. The van der Waals surface area contributed by atoms with Gasteiger partial charge in [-0.1, -0.05) is 5.18 Å². The first-order chi connectivity index (χ1) is 19.0. The van der Waals surface area contributed by atoms with E-state index in [0.717, 1.165) is 70.8 Å². The third-order valence-corrected chi connectivity index (χ3v) is 7.77. The van der Waals surface area contributed by atoms with Crippen LogP contribution in [0.25, 0.3) is 22.3 Å². The molecule has 0 bridgehead atoms. The molecule has 4 aromatic rings. The number of nitroso groups, excluding NO2 is 1. The molecule has 1 unspecified atom stereocenters. The van der Waals surface area contributed by atoms with Crippen LogP contribution in [-0.2, 0) is 0 Å². The molecule has 4 heterocycles. The fourth-order valence-electron chi connectivity index (χ4n) is 5.45. The van der Waals surface area contributed by atoms with Gasteiger partial charge in [0.05, 0.1) is 28.6 Å². The Morgan fingerprint density at radius 3 is 2.45 bits per heavy atom. The Labute approximate surface area is 237 Å². The number of hydrogen-bond acceptors (Lipinski definition) is 9. The zero-order chi connectivity index (χ0) is 28.6. The van der Waals surface area contributed by atoms with E-state index in [1.165, 1.54) is 0 Å². The van der Waals surface area contributed by atoms with E-state index in [1.807, 2.05) is 32.3 Å². The fourth-order valence-corrected chi connectivity index (χ4v) is 5.76. The van der Waals surface area contributed by atoms with Gasteiger partial charge in [0, 0.05) is 55.8 Å². The average molecular weight is 560 g/mol. The molecule has 1 fully saturated rings. The molecule has 1 N–H and O–H groups in total. The normalized spacial score (nSPS) is 14.8. The highest BCUT2D eigenvalue weighted by Gasteiger charge is 2.26. The minimum atomic E-state index is -0.561. The number of nitrogens with zero attached hydrogens (tertiary/aromatic N) is 8. The van der Waals surface area contributed by atoms with Crippen LogP contribution < -0.4 is 15.5 Å². The summed E-state index contributed by atoms with van der Waals surface area (Å²) in [6.07, 6.45) is 3.70. The van der Waals surface area contributed by atoms with Crippen molar-refractivity contribution >= 4 is 43.0 Å². The van der Waals surface area contributed by atoms with Crippen molar-refractivity contribution in [1.82, 2.24) is 29.4 Å². The number of pyridine rings is 1. The summed E-state index contributed by atoms with van der Waals surface area (Å²) in [6, 6.07) is 8.65. The van der Waals surface area contributed by atoms with Crippen LogP contribution in [0.1, 0.15) is 45.1 Å². The van der Waals surface area contributed by atoms with Gasteiger partial charge >= 0.3 is 0 Å². The summed E-state index contributed by atoms with van der Waals surface area (Å²) in [7, 11) is 2.75. The number of aryl methyl sites for hydroxylation is 2. The minimum Gasteiger partial charge on any atom is -0.368 e. The molecule has 0 amide bonds. The molecule has 1 aromatic carbocycles. The highest BCUT2D eigenvalue weighted by Crippen LogP contribution is 2.30. The van der Waals surface area contributed by atoms with Gasteiger partial charge in [0.15, 0.2) is 0 Å². The molecule has 0 radical (unpaired) electrons. The summed E-state index contributed by atoms with van der Waals surface area (Å²) in [5.41, 5.74) is 5.65. The van der Waals surface area contributed by atoms with Crippen LogP contribution in [0.4, 0.5) is 17.5 Å². The van der Waals surface area contributed by atoms with Crippen molar-refractivity contribution in [1.29, 1.82) is 0 Å². The minimum absolute atomic E-state index is 0.308. The van der Waals surface area contributed by atoms with E-state index in [4.69, 9.17) is 9.97 Å². The van der Waals surface area contributed by atoms with E-state index >= 15 is 0 Å². The van der Waals surface area contributed by atoms with Gasteiger partial charge in [-0.3, -0.25) is 4.90 Å². The van der Waals surface area contributed by atoms with Crippen LogP contribution >= 0.6 is 9.24 Å². The van der Waals surface area contributed by atoms with E-state index in [0.29, 0.717) is 24.4 Å². The molecule has 3 aromatic heterocycles. The predicted molar refractivity (Wildman–Crippen MR) is 166 cm³/mol. The number of anilines is 3. The first kappa shape index (κ1) is 28.1. The van der Waals surface area contributed by atoms with Gasteiger partial charge in [0.1, 0.15) is 17.2 Å². The zero-order valence-corrected chi connectivity index (χ0v) is 25.3. The molecule has 1 aliphatic rings. The Hall–Kier alpha value is -3.49. The Kier molecular flexibility index (Phi) is 7.84. The fraction of sp³-hybridized carbons (Fsp3) is 0.448. The zero-order valence-electron chi connectivity index (χ0n) is 24.1. The third-order valence-electron chi connectivity index (χ3n) is 7.35. The summed E-state index contributed by atoms with van der Waals surface area (Å²) < 4.78 is 2.27. The van der Waals surface area contributed by atoms with Crippen molar-refractivity contribution in [2.45, 2.75) is 53.1 Å². The topological polar surface area (TPSA) is 104 Å². The molecule has 11 heteroatoms. The Morgan fingerprint density at radius 1 is 1.05 bits per heavy atom. The molecule has 0 aliphatic carbocycles. The first-order valence-corrected chi connectivity index (χ1v) is 14.3. The van der Waals surface area contributed by atoms with Gasteiger partial charge in [0.25, 0.3) is 0 Å². The molecule has 40 heavy (non-hydrogen) atoms. The lowest BCUT2D eigenvalue weighted by molar-refractivity contribution is 0.214. The largest absolute Gasteiger partial charge is 0.368 e. The van der Waals surface area contributed by atoms with Crippen molar-refractivity contribution in [2.75, 3.05) is 42.9 Å². The lowest BCUT2D eigenvalue weighted by atomic mass is 10.1. The van der Waals surface area contributed by atoms with Crippen LogP contribution in [0.5, 0.6) is 0 Å². The smallest absolute Gasteiger partial charge is 0.228 e. The molecule has 0 saturated carbocycles. The van der Waals surface area contributed by atoms with Crippen molar-refractivity contribution in [2.24, 2.45) is 5.18 Å². The highest BCUT2D eigenvalue weighted by molar-refractivity contribution is 7.27. The Balaban J connectivity index is 1.31. The van der Waals surface area contributed by atoms with Gasteiger partial charge < -0.3 is 14.8 Å². The van der Waals surface area contributed by atoms with Gasteiger partial charge in [0.2, 0.25) is 5.95 Å². The SMILES string of the molecule is Cc1cc(-c2nc(Nc3ccc(N4CCN(CC(C)(C)N=O)CC4)cn3)ncc2P)cc2c1nc(C)n2C(C)C. The average Bonchev–Trinajstić information content (AvgIpc) is 3.27. The number of piperazine rings is 1. The predicted octanol–water partition coefficient (Wildman–Crippen LogP) is 5.00. The number of imidazole rings is 1. The van der Waals surface area contributed by atoms with Gasteiger partial charge in [-0.15, -0.1) is 9.24 Å². The van der Waals surface area contributed by atoms with Gasteiger partial charge in [-0.05, 0) is 71.4 Å². The molecule has 1 saturated heterocycles. The van der Waals surface area contributed by atoms with Crippen molar-refractivity contribution in [3.8, 4) is 11.3 Å². The van der Waals surface area contributed by atoms with E-state index in [-0.39, 0.29) is 0 Å². The first-order valence-electron chi connectivity index (χ1n) is 13.7. The van der Waals surface area contributed by atoms with Crippen molar-refractivity contribution < 1.29 is 0 Å². The molecule has 0 spiro atoms. The summed E-state index contributed by atoms with van der Waals surface area (Å²) in [5, 5.41) is 7.44. The molecular formula is C29H38N9OP. The number of fused-ring (bicyclic) bond motifs is 1. The monoisotopic (exact) mass is 559 g/mol. The Morgan fingerprint density at radius 2 is 1.80 bits per heavy atom. The van der Waals surface area contributed by atoms with Crippen LogP contribution in [-0.4, -0.2) is 67.7 Å². The molecule has 210 valence electrons. The summed E-state index contributed by atoms with van der Waals surface area (Å²) in [4.78, 5) is 34.5. The standard InChI is InChI=1S/C29H38N9OP/c1-18(2)38-20(4)32-26-19(3)13-21(14-23(26)38)27-24(40)16-31-28(34-27)33-25-8-7-22(15-30-25)37-11-9-36(10-12-37)17-29(5,6)35-39/h7-8,13-16,18H,9-12,17,40H2,1-6H3,(H,30,31,33,34). The van der Waals surface area contributed by atoms with Crippen LogP contribution in [0, 0.1) is 18.8 Å². The van der Waals surface area contributed by atoms with Gasteiger partial charge in [-0.25, -0.2) is 19.9 Å². The second-order valence-electron chi connectivity index (χ2n) is 11.5. The number of aromatic nitrogens is 5. The number of hydrogen-bond donors (Lipinski definition) is 1. The third kappa shape index (κ3) is 5.83. The van der Waals surface area contributed by atoms with E-state index in [2.05, 4.69) is 90.0 Å². The van der Waals surface area contributed by atoms with Crippen LogP contribution in [0.3, 0.4) is 0 Å². The summed E-state index contributed by atoms with van der Waals surface area (Å²) >= 11 is 0. The van der Waals surface area contributed by atoms with Crippen molar-refractivity contribution in [3.63, 3.8) is 0 Å². The highest BCUT2D eigenvalue weighted by atomic mass is 31.0. The number of benzene rings is 1.